The van der Waals surface area contributed by atoms with Crippen molar-refractivity contribution in [1.29, 1.82) is 0 Å². The monoisotopic (exact) mass is 810 g/mol. The topological polar surface area (TPSA) is 0 Å². The summed E-state index contributed by atoms with van der Waals surface area (Å²) in [5.74, 6) is 0. The highest BCUT2D eigenvalue weighted by molar-refractivity contribution is 6.26. The van der Waals surface area contributed by atoms with Crippen LogP contribution in [0.15, 0.2) is 255 Å². The highest BCUT2D eigenvalue weighted by Crippen LogP contribution is 2.49. The Morgan fingerprint density at radius 1 is 0.141 bits per heavy atom. The third kappa shape index (κ3) is 6.31. The van der Waals surface area contributed by atoms with Crippen LogP contribution >= 0.6 is 0 Å². The molecule has 0 amide bonds. The smallest absolute Gasteiger partial charge is 0.00141 e. The van der Waals surface area contributed by atoms with Gasteiger partial charge in [0.15, 0.2) is 0 Å². The zero-order chi connectivity index (χ0) is 42.4. The Labute approximate surface area is 374 Å². The maximum atomic E-state index is 2.31. The van der Waals surface area contributed by atoms with Gasteiger partial charge in [-0.2, -0.15) is 0 Å². The lowest BCUT2D eigenvalue weighted by Crippen LogP contribution is -1.93. The molecular weight excluding hydrogens is 769 g/mol. The number of hydrogen-bond acceptors (Lipinski definition) is 0. The van der Waals surface area contributed by atoms with E-state index in [1.54, 1.807) is 0 Å². The summed E-state index contributed by atoms with van der Waals surface area (Å²) < 4.78 is 0. The van der Waals surface area contributed by atoms with Gasteiger partial charge in [0.1, 0.15) is 0 Å². The molecule has 0 N–H and O–H groups in total. The fourth-order valence-electron chi connectivity index (χ4n) is 10.3. The van der Waals surface area contributed by atoms with E-state index in [9.17, 15) is 0 Å². The second-order valence-electron chi connectivity index (χ2n) is 16.7. The van der Waals surface area contributed by atoms with Crippen molar-refractivity contribution in [2.24, 2.45) is 0 Å². The minimum absolute atomic E-state index is 1.19. The van der Waals surface area contributed by atoms with Gasteiger partial charge in [-0.05, 0) is 121 Å². The van der Waals surface area contributed by atoms with Crippen molar-refractivity contribution in [1.82, 2.24) is 0 Å². The summed E-state index contributed by atoms with van der Waals surface area (Å²) in [5.41, 5.74) is 17.2. The summed E-state index contributed by atoms with van der Waals surface area (Å²) in [4.78, 5) is 0. The van der Waals surface area contributed by atoms with Crippen molar-refractivity contribution in [3.8, 4) is 77.9 Å². The lowest BCUT2D eigenvalue weighted by Gasteiger charge is -2.20. The predicted molar refractivity (Wildman–Crippen MR) is 275 cm³/mol. The Morgan fingerprint density at radius 3 is 0.719 bits per heavy atom. The van der Waals surface area contributed by atoms with Crippen LogP contribution in [0.2, 0.25) is 0 Å². The second-order valence-corrected chi connectivity index (χ2v) is 16.7. The summed E-state index contributed by atoms with van der Waals surface area (Å²) in [6.45, 7) is 0. The molecule has 0 nitrogen and oxygen atoms in total. The first kappa shape index (κ1) is 37.4. The van der Waals surface area contributed by atoms with Crippen molar-refractivity contribution >= 4 is 43.1 Å². The van der Waals surface area contributed by atoms with E-state index in [1.807, 2.05) is 0 Å². The maximum absolute atomic E-state index is 2.31. The van der Waals surface area contributed by atoms with Crippen molar-refractivity contribution in [2.45, 2.75) is 0 Å². The van der Waals surface area contributed by atoms with Gasteiger partial charge in [0.2, 0.25) is 0 Å². The molecule has 0 heterocycles. The predicted octanol–water partition coefficient (Wildman–Crippen LogP) is 18.0. The summed E-state index contributed by atoms with van der Waals surface area (Å²) in [5, 5.41) is 10.1. The van der Waals surface area contributed by atoms with Crippen molar-refractivity contribution < 1.29 is 0 Å². The van der Waals surface area contributed by atoms with Crippen LogP contribution in [-0.4, -0.2) is 0 Å². The van der Waals surface area contributed by atoms with E-state index >= 15 is 0 Å². The van der Waals surface area contributed by atoms with Gasteiger partial charge in [-0.3, -0.25) is 0 Å². The molecule has 298 valence electrons. The van der Waals surface area contributed by atoms with Gasteiger partial charge in [-0.1, -0.05) is 255 Å². The minimum atomic E-state index is 1.19. The van der Waals surface area contributed by atoms with E-state index in [0.717, 1.165) is 0 Å². The molecule has 0 unspecified atom stereocenters. The van der Waals surface area contributed by atoms with E-state index in [4.69, 9.17) is 0 Å². The third-order valence-electron chi connectivity index (χ3n) is 13.1. The molecule has 0 aliphatic heterocycles. The average Bonchev–Trinajstić information content (AvgIpc) is 3.38. The zero-order valence-corrected chi connectivity index (χ0v) is 35.2. The number of rotatable bonds is 7. The fourth-order valence-corrected chi connectivity index (χ4v) is 10.3. The Kier molecular flexibility index (Phi) is 9.28. The normalized spacial score (nSPS) is 11.4. The van der Waals surface area contributed by atoms with Crippen LogP contribution in [0, 0.1) is 0 Å². The van der Waals surface area contributed by atoms with Crippen LogP contribution in [0.1, 0.15) is 0 Å². The molecule has 0 aliphatic carbocycles. The number of fused-ring (bicyclic) bond motifs is 4. The van der Waals surface area contributed by atoms with Crippen molar-refractivity contribution in [3.63, 3.8) is 0 Å². The summed E-state index contributed by atoms with van der Waals surface area (Å²) >= 11 is 0. The summed E-state index contributed by atoms with van der Waals surface area (Å²) in [6, 6.07) is 93.3. The van der Waals surface area contributed by atoms with Gasteiger partial charge >= 0.3 is 0 Å². The van der Waals surface area contributed by atoms with Gasteiger partial charge < -0.3 is 0 Å². The van der Waals surface area contributed by atoms with Crippen LogP contribution in [-0.2, 0) is 0 Å². The van der Waals surface area contributed by atoms with Crippen LogP contribution in [0.5, 0.6) is 0 Å². The van der Waals surface area contributed by atoms with Gasteiger partial charge in [0.05, 0.1) is 0 Å². The average molecular weight is 811 g/mol. The van der Waals surface area contributed by atoms with E-state index in [-0.39, 0.29) is 0 Å². The first-order valence-electron chi connectivity index (χ1n) is 22.2. The van der Waals surface area contributed by atoms with Crippen LogP contribution in [0.4, 0.5) is 0 Å². The molecule has 0 spiro atoms. The molecule has 0 heteroatoms. The Morgan fingerprint density at radius 2 is 0.391 bits per heavy atom. The van der Waals surface area contributed by atoms with E-state index in [0.29, 0.717) is 0 Å². The molecule has 0 saturated heterocycles. The minimum Gasteiger partial charge on any atom is -0.0622 e. The highest BCUT2D eigenvalue weighted by Gasteiger charge is 2.21. The standard InChI is InChI=1S/C64H42/c1-5-19-47(20-6-1)59-53-27-13-15-29-55(53)61(49-23-9-3-10-24-49)63-51(31-17-33-57(59)63)45-39-35-43(36-40-45)44-37-41-46(42-38-44)52-32-18-34-58-60(48-21-7-2-8-22-48)54-28-14-16-30-56(54)62(64(52)58)50-25-11-4-12-26-50/h1-42H. The Bertz CT molecular complexity index is 3400. The van der Waals surface area contributed by atoms with Crippen LogP contribution in [0.25, 0.3) is 121 Å². The zero-order valence-electron chi connectivity index (χ0n) is 35.2. The molecule has 12 aromatic carbocycles. The second kappa shape index (κ2) is 15.9. The molecule has 0 saturated carbocycles. The first-order valence-corrected chi connectivity index (χ1v) is 22.2. The third-order valence-corrected chi connectivity index (χ3v) is 13.1. The lowest BCUT2D eigenvalue weighted by molar-refractivity contribution is 1.59. The van der Waals surface area contributed by atoms with Crippen molar-refractivity contribution in [2.75, 3.05) is 0 Å². The van der Waals surface area contributed by atoms with Gasteiger partial charge in [-0.25, -0.2) is 0 Å². The van der Waals surface area contributed by atoms with E-state index < -0.39 is 0 Å². The number of hydrogen-bond donors (Lipinski definition) is 0. The summed E-state index contributed by atoms with van der Waals surface area (Å²) in [6.07, 6.45) is 0. The molecule has 0 aliphatic rings. The van der Waals surface area contributed by atoms with Crippen LogP contribution < -0.4 is 0 Å². The summed E-state index contributed by atoms with van der Waals surface area (Å²) in [7, 11) is 0. The van der Waals surface area contributed by atoms with Gasteiger partial charge in [0, 0.05) is 0 Å². The largest absolute Gasteiger partial charge is 0.0622 e. The SMILES string of the molecule is c1ccc(-c2c3ccccc3c(-c3ccccc3)c3c(-c4ccc(-c5ccc(-c6cccc7c(-c8ccccc8)c8ccccc8c(-c8ccccc8)c67)cc5)cc4)cccc23)cc1. The van der Waals surface area contributed by atoms with Crippen LogP contribution in [0.3, 0.4) is 0 Å². The molecule has 64 heavy (non-hydrogen) atoms. The molecular formula is C64H42. The fraction of sp³-hybridized carbons (Fsp3) is 0. The first-order chi connectivity index (χ1) is 31.8. The van der Waals surface area contributed by atoms with Gasteiger partial charge in [-0.15, -0.1) is 0 Å². The molecule has 0 bridgehead atoms. The highest BCUT2D eigenvalue weighted by atomic mass is 14.2. The van der Waals surface area contributed by atoms with E-state index in [1.165, 1.54) is 121 Å². The van der Waals surface area contributed by atoms with Crippen molar-refractivity contribution in [3.05, 3.63) is 255 Å². The Hall–Kier alpha value is -8.32. The quantitative estimate of drug-likeness (QED) is 0.141. The molecule has 0 aromatic heterocycles. The molecule has 12 aromatic rings. The molecule has 12 rings (SSSR count). The molecule has 0 fully saturated rings. The Balaban J connectivity index is 0.991. The maximum Gasteiger partial charge on any atom is -0.00141 e. The van der Waals surface area contributed by atoms with Gasteiger partial charge in [0.25, 0.3) is 0 Å². The van der Waals surface area contributed by atoms with E-state index in [2.05, 4.69) is 255 Å². The molecule has 0 atom stereocenters. The number of benzene rings is 12. The lowest BCUT2D eigenvalue weighted by atomic mass is 9.83. The molecule has 0 radical (unpaired) electrons.